The molecular formula is H6O10P4. The summed E-state index contributed by atoms with van der Waals surface area (Å²) < 4.78 is 41.4. The molecule has 0 saturated carbocycles. The molecular weight excluding hydrogens is 284 g/mol. The predicted molar refractivity (Wildman–Crippen MR) is 44.7 cm³/mol. The second kappa shape index (κ2) is 4.78. The van der Waals surface area contributed by atoms with Gasteiger partial charge < -0.3 is 19.6 Å². The molecule has 10 nitrogen and oxygen atoms in total. The van der Waals surface area contributed by atoms with Crippen molar-refractivity contribution >= 4 is 32.9 Å². The maximum absolute atomic E-state index is 10.6. The minimum absolute atomic E-state index is 1.26. The summed E-state index contributed by atoms with van der Waals surface area (Å²) in [6, 6.07) is 0. The Morgan fingerprint density at radius 3 is 1.57 bits per heavy atom. The number of hydrogen-bond donors (Lipinski definition) is 4. The van der Waals surface area contributed by atoms with E-state index in [-0.39, 0.29) is 0 Å². The number of phosphoric acid groups is 3. The van der Waals surface area contributed by atoms with Gasteiger partial charge in [-0.1, -0.05) is 0 Å². The summed E-state index contributed by atoms with van der Waals surface area (Å²) >= 11 is 0. The van der Waals surface area contributed by atoms with Crippen molar-refractivity contribution in [2.75, 3.05) is 0 Å². The normalized spacial score (nSPS) is 21.2. The predicted octanol–water partition coefficient (Wildman–Crippen LogP) is 0.120. The van der Waals surface area contributed by atoms with Gasteiger partial charge in [-0.25, -0.2) is 13.7 Å². The van der Waals surface area contributed by atoms with Crippen LogP contribution in [0.3, 0.4) is 0 Å². The van der Waals surface area contributed by atoms with Gasteiger partial charge in [0.25, 0.3) is 0 Å². The third-order valence-corrected chi connectivity index (χ3v) is 4.94. The summed E-state index contributed by atoms with van der Waals surface area (Å²) in [5, 5.41) is 0. The Morgan fingerprint density at radius 2 is 1.29 bits per heavy atom. The number of hydrogen-bond acceptors (Lipinski definition) is 6. The molecule has 0 heterocycles. The first-order chi connectivity index (χ1) is 5.97. The number of rotatable bonds is 5. The van der Waals surface area contributed by atoms with Gasteiger partial charge in [0, 0.05) is 9.47 Å². The molecule has 4 N–H and O–H groups in total. The van der Waals surface area contributed by atoms with Crippen molar-refractivity contribution in [1.82, 2.24) is 0 Å². The molecule has 0 aliphatic carbocycles. The zero-order chi connectivity index (χ0) is 11.6. The van der Waals surface area contributed by atoms with Gasteiger partial charge in [0.2, 0.25) is 0 Å². The third-order valence-electron chi connectivity index (χ3n) is 0.549. The molecule has 3 unspecified atom stereocenters. The van der Waals surface area contributed by atoms with Crippen LogP contribution in [-0.4, -0.2) is 19.6 Å². The van der Waals surface area contributed by atoms with Crippen molar-refractivity contribution in [2.45, 2.75) is 0 Å². The molecule has 0 spiro atoms. The van der Waals surface area contributed by atoms with Crippen molar-refractivity contribution in [3.8, 4) is 0 Å². The SMILES string of the molecule is O=P(O)(O)OP(=O)(O)OP(=O)(O)OP. The van der Waals surface area contributed by atoms with Crippen molar-refractivity contribution < 1.29 is 46.2 Å². The zero-order valence-electron chi connectivity index (χ0n) is 6.16. The molecule has 0 fully saturated rings. The van der Waals surface area contributed by atoms with Crippen LogP contribution in [0, 0.1) is 0 Å². The van der Waals surface area contributed by atoms with Gasteiger partial charge in [0.05, 0.1) is 0 Å². The molecule has 0 aromatic carbocycles. The summed E-state index contributed by atoms with van der Waals surface area (Å²) in [5.74, 6) is 0. The van der Waals surface area contributed by atoms with Crippen LogP contribution in [-0.2, 0) is 26.6 Å². The highest BCUT2D eigenvalue weighted by Gasteiger charge is 2.39. The molecule has 86 valence electrons. The Labute approximate surface area is 80.0 Å². The van der Waals surface area contributed by atoms with Crippen molar-refractivity contribution in [1.29, 1.82) is 0 Å². The zero-order valence-corrected chi connectivity index (χ0v) is 10.00. The monoisotopic (exact) mass is 290 g/mol. The van der Waals surface area contributed by atoms with Gasteiger partial charge in [-0.05, 0) is 0 Å². The second-order valence-electron chi connectivity index (χ2n) is 1.70. The largest absolute Gasteiger partial charge is 0.490 e. The minimum atomic E-state index is -5.37. The van der Waals surface area contributed by atoms with E-state index in [9.17, 15) is 13.7 Å². The van der Waals surface area contributed by atoms with Crippen LogP contribution in [0.1, 0.15) is 0 Å². The van der Waals surface area contributed by atoms with E-state index < -0.39 is 23.5 Å². The summed E-state index contributed by atoms with van der Waals surface area (Å²) in [6.45, 7) is 0. The molecule has 0 saturated heterocycles. The van der Waals surface area contributed by atoms with Crippen LogP contribution in [0.4, 0.5) is 0 Å². The molecule has 3 atom stereocenters. The van der Waals surface area contributed by atoms with E-state index in [4.69, 9.17) is 19.6 Å². The molecule has 0 aliphatic heterocycles. The molecule has 0 aromatic rings. The van der Waals surface area contributed by atoms with Crippen LogP contribution < -0.4 is 0 Å². The van der Waals surface area contributed by atoms with Crippen LogP contribution in [0.15, 0.2) is 0 Å². The molecule has 0 rings (SSSR count). The molecule has 0 bridgehead atoms. The standard InChI is InChI=1S/H6O10P4/c1-12(2,3)9-14(6,7)10-13(4,5)8-11/h11H2,(H,4,5)(H,6,7)(H2,1,2,3). The maximum Gasteiger partial charge on any atom is 0.490 e. The summed E-state index contributed by atoms with van der Waals surface area (Å²) in [6.07, 6.45) is 0. The van der Waals surface area contributed by atoms with E-state index in [2.05, 4.69) is 12.9 Å². The quantitative estimate of drug-likeness (QED) is 0.512. The van der Waals surface area contributed by atoms with Gasteiger partial charge in [0.1, 0.15) is 0 Å². The molecule has 0 amide bonds. The van der Waals surface area contributed by atoms with Crippen molar-refractivity contribution in [2.24, 2.45) is 0 Å². The Balaban J connectivity index is 4.60. The van der Waals surface area contributed by atoms with E-state index >= 15 is 0 Å². The highest BCUT2D eigenvalue weighted by atomic mass is 31.3. The lowest BCUT2D eigenvalue weighted by Gasteiger charge is -2.13. The smallest absolute Gasteiger partial charge is 0.302 e. The van der Waals surface area contributed by atoms with E-state index in [1.54, 1.807) is 0 Å². The van der Waals surface area contributed by atoms with Gasteiger partial charge in [-0.15, -0.1) is 0 Å². The molecule has 0 radical (unpaired) electrons. The Hall–Kier alpha value is 0.840. The van der Waals surface area contributed by atoms with Crippen molar-refractivity contribution in [3.63, 3.8) is 0 Å². The van der Waals surface area contributed by atoms with E-state index in [0.717, 1.165) is 0 Å². The van der Waals surface area contributed by atoms with Gasteiger partial charge >= 0.3 is 23.5 Å². The lowest BCUT2D eigenvalue weighted by atomic mass is 15.7. The van der Waals surface area contributed by atoms with Crippen LogP contribution in [0.5, 0.6) is 0 Å². The first-order valence-corrected chi connectivity index (χ1v) is 7.49. The molecule has 0 aromatic heterocycles. The summed E-state index contributed by atoms with van der Waals surface area (Å²) in [5.41, 5.74) is 0. The van der Waals surface area contributed by atoms with Crippen LogP contribution in [0.2, 0.25) is 0 Å². The Morgan fingerprint density at radius 1 is 0.857 bits per heavy atom. The Kier molecular flexibility index (Phi) is 5.07. The van der Waals surface area contributed by atoms with Gasteiger partial charge in [-0.2, -0.15) is 8.62 Å². The minimum Gasteiger partial charge on any atom is -0.302 e. The fourth-order valence-corrected chi connectivity index (χ4v) is 3.31. The molecule has 14 heavy (non-hydrogen) atoms. The summed E-state index contributed by atoms with van der Waals surface area (Å²) in [4.78, 5) is 33.2. The molecule has 0 aliphatic rings. The van der Waals surface area contributed by atoms with Crippen LogP contribution >= 0.6 is 32.9 Å². The fourth-order valence-electron chi connectivity index (χ4n) is 0.299. The first kappa shape index (κ1) is 14.8. The van der Waals surface area contributed by atoms with E-state index in [0.29, 0.717) is 0 Å². The second-order valence-corrected chi connectivity index (χ2v) is 6.70. The first-order valence-electron chi connectivity index (χ1n) is 2.50. The highest BCUT2D eigenvalue weighted by molar-refractivity contribution is 7.67. The third kappa shape index (κ3) is 7.17. The lowest BCUT2D eigenvalue weighted by Crippen LogP contribution is -1.92. The van der Waals surface area contributed by atoms with E-state index in [1.807, 2.05) is 0 Å². The molecule has 14 heteroatoms. The average molecular weight is 290 g/mol. The average Bonchev–Trinajstić information content (AvgIpc) is 1.78. The fraction of sp³-hybridized carbons (Fsp3) is 0. The topological polar surface area (TPSA) is 160 Å². The lowest BCUT2D eigenvalue weighted by molar-refractivity contribution is 0.210. The van der Waals surface area contributed by atoms with E-state index in [1.165, 1.54) is 9.47 Å². The van der Waals surface area contributed by atoms with Crippen LogP contribution in [0.25, 0.3) is 0 Å². The maximum atomic E-state index is 10.6. The van der Waals surface area contributed by atoms with Gasteiger partial charge in [0.15, 0.2) is 0 Å². The Bertz CT molecular complexity index is 321. The summed E-state index contributed by atoms with van der Waals surface area (Å²) in [7, 11) is -14.3. The highest BCUT2D eigenvalue weighted by Crippen LogP contribution is 2.66. The van der Waals surface area contributed by atoms with Crippen molar-refractivity contribution in [3.05, 3.63) is 0 Å². The van der Waals surface area contributed by atoms with Gasteiger partial charge in [-0.3, -0.25) is 4.31 Å².